The van der Waals surface area contributed by atoms with Crippen LogP contribution in [-0.4, -0.2) is 25.8 Å². The number of hydrogen-bond donors (Lipinski definition) is 1. The monoisotopic (exact) mass is 467 g/mol. The fourth-order valence-corrected chi connectivity index (χ4v) is 4.18. The number of carboxylic acids is 1. The van der Waals surface area contributed by atoms with Crippen molar-refractivity contribution < 1.29 is 19.1 Å². The van der Waals surface area contributed by atoms with Crippen molar-refractivity contribution in [3.05, 3.63) is 94.4 Å². The quantitative estimate of drug-likeness (QED) is 0.308. The third-order valence-electron chi connectivity index (χ3n) is 6.36. The molecular formula is C28H25N3O4. The van der Waals surface area contributed by atoms with Gasteiger partial charge < -0.3 is 14.3 Å². The van der Waals surface area contributed by atoms with Crippen LogP contribution in [0.2, 0.25) is 0 Å². The van der Waals surface area contributed by atoms with Crippen molar-refractivity contribution in [3.8, 4) is 23.0 Å². The summed E-state index contributed by atoms with van der Waals surface area (Å²) in [7, 11) is 0. The van der Waals surface area contributed by atoms with Crippen LogP contribution in [0.25, 0.3) is 22.5 Å². The van der Waals surface area contributed by atoms with Crippen LogP contribution in [0.1, 0.15) is 38.3 Å². The maximum atomic E-state index is 12.0. The lowest BCUT2D eigenvalue weighted by atomic mass is 10.0. The van der Waals surface area contributed by atoms with E-state index in [0.717, 1.165) is 22.8 Å². The highest BCUT2D eigenvalue weighted by molar-refractivity contribution is 6.03. The number of fused-ring (bicyclic) bond motifs is 1. The molecule has 5 aromatic rings. The van der Waals surface area contributed by atoms with Crippen molar-refractivity contribution >= 4 is 17.0 Å². The summed E-state index contributed by atoms with van der Waals surface area (Å²) in [5, 5.41) is 15.0. The Morgan fingerprint density at radius 3 is 2.34 bits per heavy atom. The van der Waals surface area contributed by atoms with Crippen LogP contribution in [0.4, 0.5) is 0 Å². The topological polar surface area (TPSA) is 90.4 Å². The molecule has 0 saturated heterocycles. The standard InChI is InChI=1S/C28H25N3O4/c1-16-12-22(13-17(2)18(16)3)35-21-9-7-20(8-10-21)15-31-19(4)26-23(28(32)33)14-24(29-27(26)30-31)25-6-5-11-34-25/h5-14H,15H2,1-4H3,(H,32,33). The van der Waals surface area contributed by atoms with Crippen molar-refractivity contribution in [2.75, 3.05) is 0 Å². The number of nitrogens with zero attached hydrogens (tertiary/aromatic N) is 3. The average molecular weight is 468 g/mol. The Bertz CT molecular complexity index is 1520. The largest absolute Gasteiger partial charge is 0.478 e. The minimum atomic E-state index is -1.03. The van der Waals surface area contributed by atoms with Crippen LogP contribution in [0.15, 0.2) is 65.3 Å². The summed E-state index contributed by atoms with van der Waals surface area (Å²) in [6.45, 7) is 8.60. The molecule has 7 nitrogen and oxygen atoms in total. The van der Waals surface area contributed by atoms with Gasteiger partial charge in [0.1, 0.15) is 17.2 Å². The maximum absolute atomic E-state index is 12.0. The number of carbonyl (C=O) groups is 1. The van der Waals surface area contributed by atoms with E-state index in [1.165, 1.54) is 29.0 Å². The highest BCUT2D eigenvalue weighted by Gasteiger charge is 2.20. The molecule has 0 radical (unpaired) electrons. The predicted molar refractivity (Wildman–Crippen MR) is 133 cm³/mol. The summed E-state index contributed by atoms with van der Waals surface area (Å²) in [5.74, 6) is 1.02. The number of pyridine rings is 1. The number of carboxylic acid groups (broad SMARTS) is 1. The molecule has 7 heteroatoms. The molecular weight excluding hydrogens is 442 g/mol. The first-order valence-electron chi connectivity index (χ1n) is 11.3. The molecule has 176 valence electrons. The number of furan rings is 1. The van der Waals surface area contributed by atoms with Gasteiger partial charge in [0.2, 0.25) is 0 Å². The van der Waals surface area contributed by atoms with E-state index in [0.29, 0.717) is 29.0 Å². The molecule has 0 amide bonds. The zero-order valence-electron chi connectivity index (χ0n) is 20.0. The van der Waals surface area contributed by atoms with Gasteiger partial charge in [0.05, 0.1) is 23.8 Å². The van der Waals surface area contributed by atoms with Gasteiger partial charge in [-0.2, -0.15) is 5.10 Å². The van der Waals surface area contributed by atoms with Crippen molar-refractivity contribution in [2.45, 2.75) is 34.2 Å². The molecule has 0 aliphatic heterocycles. The molecule has 5 rings (SSSR count). The fourth-order valence-electron chi connectivity index (χ4n) is 4.18. The number of rotatable bonds is 6. The van der Waals surface area contributed by atoms with E-state index in [2.05, 4.69) is 30.9 Å². The van der Waals surface area contributed by atoms with E-state index in [4.69, 9.17) is 9.15 Å². The van der Waals surface area contributed by atoms with Gasteiger partial charge >= 0.3 is 5.97 Å². The zero-order valence-corrected chi connectivity index (χ0v) is 20.0. The van der Waals surface area contributed by atoms with Gasteiger partial charge in [-0.1, -0.05) is 12.1 Å². The second-order valence-corrected chi connectivity index (χ2v) is 8.71. The minimum absolute atomic E-state index is 0.151. The van der Waals surface area contributed by atoms with Crippen LogP contribution in [0.3, 0.4) is 0 Å². The van der Waals surface area contributed by atoms with Gasteiger partial charge in [0, 0.05) is 5.69 Å². The molecule has 3 aromatic heterocycles. The SMILES string of the molecule is Cc1cc(Oc2ccc(Cn3nc4nc(-c5ccco5)cc(C(=O)O)c4c3C)cc2)cc(C)c1C. The van der Waals surface area contributed by atoms with Gasteiger partial charge in [0.15, 0.2) is 11.4 Å². The Morgan fingerprint density at radius 1 is 1.00 bits per heavy atom. The Balaban J connectivity index is 1.43. The van der Waals surface area contributed by atoms with Gasteiger partial charge in [-0.3, -0.25) is 4.68 Å². The van der Waals surface area contributed by atoms with E-state index >= 15 is 0 Å². The number of benzene rings is 2. The Labute approximate surface area is 202 Å². The molecule has 0 saturated carbocycles. The number of aromatic carboxylic acids is 1. The first-order chi connectivity index (χ1) is 16.8. The van der Waals surface area contributed by atoms with Gasteiger partial charge in [-0.15, -0.1) is 0 Å². The van der Waals surface area contributed by atoms with Crippen molar-refractivity contribution in [1.29, 1.82) is 0 Å². The molecule has 0 atom stereocenters. The summed E-state index contributed by atoms with van der Waals surface area (Å²) in [6.07, 6.45) is 1.53. The lowest BCUT2D eigenvalue weighted by molar-refractivity contribution is 0.0699. The van der Waals surface area contributed by atoms with Gasteiger partial charge in [-0.25, -0.2) is 9.78 Å². The second-order valence-electron chi connectivity index (χ2n) is 8.71. The third kappa shape index (κ3) is 4.28. The normalized spacial score (nSPS) is 11.2. The maximum Gasteiger partial charge on any atom is 0.336 e. The molecule has 0 spiro atoms. The van der Waals surface area contributed by atoms with Gasteiger partial charge in [0.25, 0.3) is 0 Å². The van der Waals surface area contributed by atoms with E-state index < -0.39 is 5.97 Å². The Hall–Kier alpha value is -4.39. The molecule has 2 aromatic carbocycles. The first-order valence-corrected chi connectivity index (χ1v) is 11.3. The lowest BCUT2D eigenvalue weighted by Crippen LogP contribution is -2.04. The Kier molecular flexibility index (Phi) is 5.61. The molecule has 0 fully saturated rings. The lowest BCUT2D eigenvalue weighted by Gasteiger charge is -2.11. The van der Waals surface area contributed by atoms with Crippen LogP contribution >= 0.6 is 0 Å². The minimum Gasteiger partial charge on any atom is -0.478 e. The highest BCUT2D eigenvalue weighted by atomic mass is 16.5. The van der Waals surface area contributed by atoms with E-state index in [-0.39, 0.29) is 5.56 Å². The summed E-state index contributed by atoms with van der Waals surface area (Å²) in [5.41, 5.74) is 6.37. The first kappa shape index (κ1) is 22.4. The van der Waals surface area contributed by atoms with Crippen molar-refractivity contribution in [1.82, 2.24) is 14.8 Å². The summed E-state index contributed by atoms with van der Waals surface area (Å²) < 4.78 is 13.2. The second kappa shape index (κ2) is 8.76. The zero-order chi connectivity index (χ0) is 24.7. The van der Waals surface area contributed by atoms with Crippen LogP contribution in [-0.2, 0) is 6.54 Å². The van der Waals surface area contributed by atoms with Crippen molar-refractivity contribution in [3.63, 3.8) is 0 Å². The van der Waals surface area contributed by atoms with E-state index in [9.17, 15) is 9.90 Å². The number of hydrogen-bond acceptors (Lipinski definition) is 5. The number of aromatic nitrogens is 3. The molecule has 3 heterocycles. The van der Waals surface area contributed by atoms with Gasteiger partial charge in [-0.05, 0) is 92.4 Å². The number of aryl methyl sites for hydroxylation is 3. The fraction of sp³-hybridized carbons (Fsp3) is 0.179. The van der Waals surface area contributed by atoms with Crippen LogP contribution in [0, 0.1) is 27.7 Å². The average Bonchev–Trinajstić information content (AvgIpc) is 3.47. The smallest absolute Gasteiger partial charge is 0.336 e. The van der Waals surface area contributed by atoms with E-state index in [1.54, 1.807) is 16.8 Å². The molecule has 0 aliphatic rings. The van der Waals surface area contributed by atoms with E-state index in [1.807, 2.05) is 43.3 Å². The summed E-state index contributed by atoms with van der Waals surface area (Å²) in [6, 6.07) is 16.9. The van der Waals surface area contributed by atoms with Crippen molar-refractivity contribution in [2.24, 2.45) is 0 Å². The van der Waals surface area contributed by atoms with Crippen LogP contribution < -0.4 is 4.74 Å². The third-order valence-corrected chi connectivity index (χ3v) is 6.36. The highest BCUT2D eigenvalue weighted by Crippen LogP contribution is 2.29. The van der Waals surface area contributed by atoms with Crippen LogP contribution in [0.5, 0.6) is 11.5 Å². The molecule has 0 aliphatic carbocycles. The number of ether oxygens (including phenoxy) is 1. The molecule has 0 bridgehead atoms. The Morgan fingerprint density at radius 2 is 1.71 bits per heavy atom. The molecule has 35 heavy (non-hydrogen) atoms. The predicted octanol–water partition coefficient (Wildman–Crippen LogP) is 6.46. The summed E-state index contributed by atoms with van der Waals surface area (Å²) >= 11 is 0. The summed E-state index contributed by atoms with van der Waals surface area (Å²) in [4.78, 5) is 16.6. The molecule has 1 N–H and O–H groups in total. The molecule has 0 unspecified atom stereocenters.